The van der Waals surface area contributed by atoms with Gasteiger partial charge in [0.25, 0.3) is 0 Å². The van der Waals surface area contributed by atoms with Crippen molar-refractivity contribution in [3.63, 3.8) is 0 Å². The molecule has 1 aliphatic rings. The van der Waals surface area contributed by atoms with Gasteiger partial charge in [-0.2, -0.15) is 0 Å². The summed E-state index contributed by atoms with van der Waals surface area (Å²) in [6.07, 6.45) is -0.951. The van der Waals surface area contributed by atoms with Gasteiger partial charge in [-0.1, -0.05) is 13.8 Å². The second-order valence-corrected chi connectivity index (χ2v) is 6.49. The maximum Gasteiger partial charge on any atom is 0.413 e. The van der Waals surface area contributed by atoms with Crippen LogP contribution in [-0.4, -0.2) is 46.5 Å². The van der Waals surface area contributed by atoms with E-state index in [9.17, 15) is 14.7 Å². The molecule has 6 nitrogen and oxygen atoms in total. The Morgan fingerprint density at radius 3 is 2.40 bits per heavy atom. The highest BCUT2D eigenvalue weighted by molar-refractivity contribution is 5.82. The lowest BCUT2D eigenvalue weighted by Crippen LogP contribution is -2.47. The molecule has 6 heteroatoms. The number of nitrogens with zero attached hydrogens (tertiary/aromatic N) is 1. The lowest BCUT2D eigenvalue weighted by Gasteiger charge is -2.29. The zero-order valence-electron chi connectivity index (χ0n) is 12.9. The molecule has 1 fully saturated rings. The fourth-order valence-corrected chi connectivity index (χ4v) is 1.93. The molecule has 1 saturated heterocycles. The number of hydrogen-bond acceptors (Lipinski definition) is 5. The summed E-state index contributed by atoms with van der Waals surface area (Å²) < 4.78 is 10.4. The number of likely N-dealkylation sites (tertiary alicyclic amines) is 1. The minimum atomic E-state index is -0.999. The Kier molecular flexibility index (Phi) is 5.39. The smallest absolute Gasteiger partial charge is 0.413 e. The summed E-state index contributed by atoms with van der Waals surface area (Å²) >= 11 is 0. The van der Waals surface area contributed by atoms with E-state index in [1.54, 1.807) is 20.8 Å². The third-order valence-electron chi connectivity index (χ3n) is 2.79. The molecule has 0 spiro atoms. The minimum absolute atomic E-state index is 0.222. The molecular weight excluding hydrogens is 262 g/mol. The van der Waals surface area contributed by atoms with Crippen LogP contribution in [0.25, 0.3) is 0 Å². The van der Waals surface area contributed by atoms with Crippen LogP contribution in [0.15, 0.2) is 0 Å². The maximum atomic E-state index is 12.1. The van der Waals surface area contributed by atoms with E-state index >= 15 is 0 Å². The molecule has 0 radical (unpaired) electrons. The van der Waals surface area contributed by atoms with Gasteiger partial charge in [0.15, 0.2) is 0 Å². The van der Waals surface area contributed by atoms with Crippen molar-refractivity contribution in [1.29, 1.82) is 0 Å². The molecule has 116 valence electrons. The molecule has 0 saturated carbocycles. The topological polar surface area (TPSA) is 76.1 Å². The van der Waals surface area contributed by atoms with Gasteiger partial charge in [-0.15, -0.1) is 0 Å². The minimum Gasteiger partial charge on any atom is -0.464 e. The Bertz CT molecular complexity index is 361. The van der Waals surface area contributed by atoms with E-state index in [1.165, 1.54) is 0 Å². The van der Waals surface area contributed by atoms with Gasteiger partial charge < -0.3 is 14.6 Å². The van der Waals surface area contributed by atoms with Crippen LogP contribution in [0, 0.1) is 5.92 Å². The number of amides is 1. The first-order chi connectivity index (χ1) is 9.11. The van der Waals surface area contributed by atoms with Crippen molar-refractivity contribution in [1.82, 2.24) is 4.90 Å². The molecule has 0 aromatic heterocycles. The molecule has 1 rings (SSSR count). The monoisotopic (exact) mass is 287 g/mol. The zero-order chi connectivity index (χ0) is 15.5. The number of ether oxygens (including phenoxy) is 2. The Hall–Kier alpha value is -1.30. The molecule has 1 heterocycles. The van der Waals surface area contributed by atoms with Crippen molar-refractivity contribution in [3.8, 4) is 0 Å². The lowest BCUT2D eigenvalue weighted by molar-refractivity contribution is -0.152. The predicted octanol–water partition coefficient (Wildman–Crippen LogP) is 1.90. The van der Waals surface area contributed by atoms with Crippen molar-refractivity contribution in [3.05, 3.63) is 0 Å². The molecule has 0 aliphatic carbocycles. The van der Waals surface area contributed by atoms with Gasteiger partial charge in [0.1, 0.15) is 17.9 Å². The van der Waals surface area contributed by atoms with Gasteiger partial charge in [-0.3, -0.25) is 4.90 Å². The van der Waals surface area contributed by atoms with E-state index in [1.807, 2.05) is 13.8 Å². The molecule has 1 aliphatic heterocycles. The number of carbonyl (C=O) groups is 2. The third-order valence-corrected chi connectivity index (χ3v) is 2.79. The number of hydrogen-bond donors (Lipinski definition) is 1. The van der Waals surface area contributed by atoms with Crippen LogP contribution >= 0.6 is 0 Å². The molecule has 2 atom stereocenters. The van der Waals surface area contributed by atoms with Crippen LogP contribution in [0.2, 0.25) is 0 Å². The Balaban J connectivity index is 2.70. The van der Waals surface area contributed by atoms with Gasteiger partial charge in [-0.05, 0) is 39.5 Å². The summed E-state index contributed by atoms with van der Waals surface area (Å²) in [4.78, 5) is 25.1. The van der Waals surface area contributed by atoms with Gasteiger partial charge in [0.2, 0.25) is 0 Å². The standard InChI is InChI=1S/C14H25NO5/c1-9(2)8-19-12(17)10-6-7-11(16)15(10)13(18)20-14(3,4)5/h9-11,16H,6-8H2,1-5H3/t10-,11?/m0/s1. The first-order valence-corrected chi connectivity index (χ1v) is 6.98. The molecule has 0 bridgehead atoms. The van der Waals surface area contributed by atoms with Gasteiger partial charge in [-0.25, -0.2) is 9.59 Å². The number of rotatable bonds is 3. The predicted molar refractivity (Wildman–Crippen MR) is 72.9 cm³/mol. The maximum absolute atomic E-state index is 12.1. The van der Waals surface area contributed by atoms with Crippen molar-refractivity contribution in [2.45, 2.75) is 65.3 Å². The van der Waals surface area contributed by atoms with Crippen molar-refractivity contribution in [2.75, 3.05) is 6.61 Å². The van der Waals surface area contributed by atoms with E-state index in [0.717, 1.165) is 4.90 Å². The SMILES string of the molecule is CC(C)COC(=O)[C@@H]1CCC(O)N1C(=O)OC(C)(C)C. The highest BCUT2D eigenvalue weighted by atomic mass is 16.6. The number of aliphatic hydroxyl groups is 1. The zero-order valence-corrected chi connectivity index (χ0v) is 12.9. The van der Waals surface area contributed by atoms with Gasteiger partial charge in [0.05, 0.1) is 6.61 Å². The average molecular weight is 287 g/mol. The summed E-state index contributed by atoms with van der Waals surface area (Å²) in [5, 5.41) is 9.87. The Labute approximate surface area is 120 Å². The highest BCUT2D eigenvalue weighted by Crippen LogP contribution is 2.26. The molecule has 20 heavy (non-hydrogen) atoms. The van der Waals surface area contributed by atoms with Crippen molar-refractivity contribution in [2.24, 2.45) is 5.92 Å². The van der Waals surface area contributed by atoms with E-state index in [-0.39, 0.29) is 5.92 Å². The number of esters is 1. The normalized spacial score (nSPS) is 23.1. The molecular formula is C14H25NO5. The van der Waals surface area contributed by atoms with Crippen LogP contribution in [0.1, 0.15) is 47.5 Å². The second kappa shape index (κ2) is 6.43. The third kappa shape index (κ3) is 4.67. The molecule has 1 unspecified atom stereocenters. The van der Waals surface area contributed by atoms with E-state index in [4.69, 9.17) is 9.47 Å². The van der Waals surface area contributed by atoms with E-state index < -0.39 is 29.9 Å². The molecule has 0 aromatic carbocycles. The van der Waals surface area contributed by atoms with E-state index in [2.05, 4.69) is 0 Å². The summed E-state index contributed by atoms with van der Waals surface area (Å²) in [5.41, 5.74) is -0.675. The first kappa shape index (κ1) is 16.8. The number of aliphatic hydroxyl groups excluding tert-OH is 1. The summed E-state index contributed by atoms with van der Waals surface area (Å²) in [7, 11) is 0. The van der Waals surface area contributed by atoms with Crippen LogP contribution in [0.4, 0.5) is 4.79 Å². The van der Waals surface area contributed by atoms with E-state index in [0.29, 0.717) is 19.4 Å². The van der Waals surface area contributed by atoms with Crippen LogP contribution < -0.4 is 0 Å². The van der Waals surface area contributed by atoms with Crippen molar-refractivity contribution < 1.29 is 24.2 Å². The Morgan fingerprint density at radius 2 is 1.90 bits per heavy atom. The largest absolute Gasteiger partial charge is 0.464 e. The average Bonchev–Trinajstić information content (AvgIpc) is 2.65. The highest BCUT2D eigenvalue weighted by Gasteiger charge is 2.43. The molecule has 0 aromatic rings. The summed E-state index contributed by atoms with van der Waals surface area (Å²) in [5.74, 6) is -0.263. The Morgan fingerprint density at radius 1 is 1.30 bits per heavy atom. The van der Waals surface area contributed by atoms with Crippen LogP contribution in [-0.2, 0) is 14.3 Å². The quantitative estimate of drug-likeness (QED) is 0.802. The first-order valence-electron chi connectivity index (χ1n) is 6.98. The second-order valence-electron chi connectivity index (χ2n) is 6.49. The summed E-state index contributed by atoms with van der Waals surface area (Å²) in [6, 6.07) is -0.765. The van der Waals surface area contributed by atoms with Crippen LogP contribution in [0.3, 0.4) is 0 Å². The van der Waals surface area contributed by atoms with Crippen molar-refractivity contribution >= 4 is 12.1 Å². The van der Waals surface area contributed by atoms with Gasteiger partial charge >= 0.3 is 12.1 Å². The fourth-order valence-electron chi connectivity index (χ4n) is 1.93. The lowest BCUT2D eigenvalue weighted by atomic mass is 10.2. The summed E-state index contributed by atoms with van der Waals surface area (Å²) in [6.45, 7) is 9.37. The number of carbonyl (C=O) groups excluding carboxylic acids is 2. The molecule has 1 amide bonds. The van der Waals surface area contributed by atoms with Crippen LogP contribution in [0.5, 0.6) is 0 Å². The van der Waals surface area contributed by atoms with Gasteiger partial charge in [0, 0.05) is 0 Å². The molecule has 1 N–H and O–H groups in total. The fraction of sp³-hybridized carbons (Fsp3) is 0.857.